The van der Waals surface area contributed by atoms with E-state index in [1.165, 1.54) is 5.56 Å². The van der Waals surface area contributed by atoms with E-state index in [1.807, 2.05) is 41.8 Å². The average molecular weight is 416 g/mol. The number of hydrogen-bond donors (Lipinski definition) is 2. The Kier molecular flexibility index (Phi) is 6.89. The molecule has 2 aliphatic rings. The number of carboxylic acid groups (broad SMARTS) is 2. The maximum atomic E-state index is 12.5. The van der Waals surface area contributed by atoms with Gasteiger partial charge in [-0.15, -0.1) is 0 Å². The minimum absolute atomic E-state index is 0.0406. The summed E-state index contributed by atoms with van der Waals surface area (Å²) in [6.07, 6.45) is -5.08. The molecular weight excluding hydrogens is 393 g/mol. The second-order valence-corrected chi connectivity index (χ2v) is 7.42. The highest BCUT2D eigenvalue weighted by Crippen LogP contribution is 2.43. The Balaban J connectivity index is 0.000000370. The van der Waals surface area contributed by atoms with Crippen LogP contribution in [0.5, 0.6) is 0 Å². The molecule has 0 radical (unpaired) electrons. The van der Waals surface area contributed by atoms with Crippen molar-refractivity contribution < 1.29 is 37.8 Å². The van der Waals surface area contributed by atoms with E-state index >= 15 is 0 Å². The van der Waals surface area contributed by atoms with Gasteiger partial charge in [0.25, 0.3) is 0 Å². The quantitative estimate of drug-likeness (QED) is 0.786. The fraction of sp³-hybridized carbons (Fsp3) is 0.526. The van der Waals surface area contributed by atoms with Gasteiger partial charge in [0, 0.05) is 37.2 Å². The van der Waals surface area contributed by atoms with Gasteiger partial charge >= 0.3 is 18.1 Å². The molecule has 1 aromatic carbocycles. The Labute approximate surface area is 165 Å². The molecule has 3 rings (SSSR count). The fourth-order valence-corrected chi connectivity index (χ4v) is 3.72. The first-order valence-corrected chi connectivity index (χ1v) is 9.06. The summed E-state index contributed by atoms with van der Waals surface area (Å²) in [5.41, 5.74) is 2.18. The van der Waals surface area contributed by atoms with Crippen LogP contribution in [0.2, 0.25) is 0 Å². The normalized spacial score (nSPS) is 21.1. The lowest BCUT2D eigenvalue weighted by atomic mass is 9.83. The first-order valence-electron chi connectivity index (χ1n) is 9.06. The highest BCUT2D eigenvalue weighted by atomic mass is 19.4. The maximum Gasteiger partial charge on any atom is 0.490 e. The molecule has 2 atom stereocenters. The number of carbonyl (C=O) groups excluding carboxylic acids is 1. The number of halogens is 3. The first kappa shape index (κ1) is 22.7. The number of aliphatic carboxylic acids is 2. The molecule has 0 spiro atoms. The lowest BCUT2D eigenvalue weighted by molar-refractivity contribution is -0.192. The molecule has 2 heterocycles. The zero-order valence-corrected chi connectivity index (χ0v) is 16.0. The van der Waals surface area contributed by atoms with Gasteiger partial charge in [-0.25, -0.2) is 4.79 Å². The van der Waals surface area contributed by atoms with Crippen LogP contribution in [0.15, 0.2) is 24.3 Å². The molecule has 0 bridgehead atoms. The number of rotatable bonds is 3. The molecular formula is C19H23F3N2O5. The maximum absolute atomic E-state index is 12.5. The monoisotopic (exact) mass is 416 g/mol. The molecule has 2 N–H and O–H groups in total. The molecule has 0 aromatic heterocycles. The predicted molar refractivity (Wildman–Crippen MR) is 97.6 cm³/mol. The van der Waals surface area contributed by atoms with Gasteiger partial charge in [0.1, 0.15) is 0 Å². The van der Waals surface area contributed by atoms with Gasteiger partial charge in [-0.05, 0) is 17.5 Å². The second-order valence-electron chi connectivity index (χ2n) is 7.42. The van der Waals surface area contributed by atoms with Crippen LogP contribution in [0.3, 0.4) is 0 Å². The van der Waals surface area contributed by atoms with E-state index < -0.39 is 18.1 Å². The van der Waals surface area contributed by atoms with Crippen molar-refractivity contribution in [3.63, 3.8) is 0 Å². The van der Waals surface area contributed by atoms with Crippen molar-refractivity contribution in [3.05, 3.63) is 29.8 Å². The molecule has 1 fully saturated rings. The van der Waals surface area contributed by atoms with Gasteiger partial charge in [0.05, 0.1) is 6.54 Å². The number of amides is 1. The average Bonchev–Trinajstić information content (AvgIpc) is 3.01. The van der Waals surface area contributed by atoms with E-state index in [1.54, 1.807) is 0 Å². The van der Waals surface area contributed by atoms with E-state index in [4.69, 9.17) is 15.0 Å². The number of anilines is 1. The van der Waals surface area contributed by atoms with Crippen molar-refractivity contribution in [2.75, 3.05) is 31.1 Å². The van der Waals surface area contributed by atoms with Crippen molar-refractivity contribution >= 4 is 23.5 Å². The van der Waals surface area contributed by atoms with Gasteiger partial charge in [-0.3, -0.25) is 14.5 Å². The van der Waals surface area contributed by atoms with Crippen LogP contribution in [-0.2, 0) is 14.4 Å². The van der Waals surface area contributed by atoms with Crippen LogP contribution in [0, 0.1) is 11.8 Å². The van der Waals surface area contributed by atoms with E-state index in [-0.39, 0.29) is 18.4 Å². The molecule has 7 nitrogen and oxygen atoms in total. The largest absolute Gasteiger partial charge is 0.490 e. The summed E-state index contributed by atoms with van der Waals surface area (Å²) in [4.78, 5) is 36.3. The standard InChI is InChI=1S/C17H22N2O3.C2HF3O2/c1-11(2)17(22)19-8-12-7-18(10-16(20)21)9-14(12)13-5-3-4-6-15(13)19;3-2(4,5)1(6)7/h3-6,11-12,14H,7-10H2,1-2H3,(H,20,21);(H,6,7)/t12-,14+;/m0./s1. The Bertz CT molecular complexity index is 781. The van der Waals surface area contributed by atoms with E-state index in [9.17, 15) is 22.8 Å². The smallest absolute Gasteiger partial charge is 0.480 e. The van der Waals surface area contributed by atoms with Crippen LogP contribution in [0.25, 0.3) is 0 Å². The number of nitrogens with zero attached hydrogens (tertiary/aromatic N) is 2. The van der Waals surface area contributed by atoms with Crippen LogP contribution in [0.1, 0.15) is 25.3 Å². The number of fused-ring (bicyclic) bond motifs is 3. The molecule has 0 unspecified atom stereocenters. The minimum atomic E-state index is -5.08. The third-order valence-corrected chi connectivity index (χ3v) is 4.92. The number of alkyl halides is 3. The molecule has 0 aliphatic carbocycles. The van der Waals surface area contributed by atoms with Crippen LogP contribution in [0.4, 0.5) is 18.9 Å². The van der Waals surface area contributed by atoms with Crippen molar-refractivity contribution in [1.82, 2.24) is 4.90 Å². The van der Waals surface area contributed by atoms with Gasteiger partial charge < -0.3 is 15.1 Å². The van der Waals surface area contributed by atoms with Gasteiger partial charge in [0.15, 0.2) is 0 Å². The van der Waals surface area contributed by atoms with Gasteiger partial charge in [-0.2, -0.15) is 13.2 Å². The Morgan fingerprint density at radius 3 is 2.21 bits per heavy atom. The number of carboxylic acids is 2. The Morgan fingerprint density at radius 1 is 1.10 bits per heavy atom. The minimum Gasteiger partial charge on any atom is -0.480 e. The zero-order valence-electron chi connectivity index (χ0n) is 16.0. The summed E-state index contributed by atoms with van der Waals surface area (Å²) in [6.45, 7) is 6.11. The summed E-state index contributed by atoms with van der Waals surface area (Å²) < 4.78 is 31.7. The van der Waals surface area contributed by atoms with E-state index in [2.05, 4.69) is 6.07 Å². The number of para-hydroxylation sites is 1. The van der Waals surface area contributed by atoms with Crippen molar-refractivity contribution in [3.8, 4) is 0 Å². The Hall–Kier alpha value is -2.62. The highest BCUT2D eigenvalue weighted by Gasteiger charge is 2.42. The summed E-state index contributed by atoms with van der Waals surface area (Å²) >= 11 is 0. The SMILES string of the molecule is CC(C)C(=O)N1C[C@@H]2CN(CC(=O)O)C[C@H]2c2ccccc21.O=C(O)C(F)(F)F. The van der Waals surface area contributed by atoms with Crippen LogP contribution in [-0.4, -0.2) is 65.3 Å². The summed E-state index contributed by atoms with van der Waals surface area (Å²) in [7, 11) is 0. The molecule has 0 saturated carbocycles. The summed E-state index contributed by atoms with van der Waals surface area (Å²) in [6, 6.07) is 8.05. The van der Waals surface area contributed by atoms with Crippen molar-refractivity contribution in [2.24, 2.45) is 11.8 Å². The molecule has 2 aliphatic heterocycles. The molecule has 10 heteroatoms. The number of benzene rings is 1. The third-order valence-electron chi connectivity index (χ3n) is 4.92. The fourth-order valence-electron chi connectivity index (χ4n) is 3.72. The summed E-state index contributed by atoms with van der Waals surface area (Å²) in [5.74, 6) is -2.80. The van der Waals surface area contributed by atoms with Crippen molar-refractivity contribution in [1.29, 1.82) is 0 Å². The lowest BCUT2D eigenvalue weighted by Gasteiger charge is -2.37. The third kappa shape index (κ3) is 5.47. The molecule has 1 aromatic rings. The number of likely N-dealkylation sites (tertiary alicyclic amines) is 1. The van der Waals surface area contributed by atoms with Crippen molar-refractivity contribution in [2.45, 2.75) is 25.9 Å². The van der Waals surface area contributed by atoms with Gasteiger partial charge in [-0.1, -0.05) is 32.0 Å². The number of carbonyl (C=O) groups is 3. The van der Waals surface area contributed by atoms with E-state index in [0.717, 1.165) is 18.8 Å². The summed E-state index contributed by atoms with van der Waals surface area (Å²) in [5, 5.41) is 16.1. The highest BCUT2D eigenvalue weighted by molar-refractivity contribution is 5.96. The molecule has 29 heavy (non-hydrogen) atoms. The number of hydrogen-bond acceptors (Lipinski definition) is 4. The zero-order chi connectivity index (χ0) is 21.9. The Morgan fingerprint density at radius 2 is 1.69 bits per heavy atom. The van der Waals surface area contributed by atoms with Gasteiger partial charge in [0.2, 0.25) is 5.91 Å². The molecule has 1 amide bonds. The first-order chi connectivity index (χ1) is 13.4. The van der Waals surface area contributed by atoms with Crippen LogP contribution >= 0.6 is 0 Å². The van der Waals surface area contributed by atoms with E-state index in [0.29, 0.717) is 18.4 Å². The molecule has 1 saturated heterocycles. The van der Waals surface area contributed by atoms with Crippen LogP contribution < -0.4 is 4.90 Å². The molecule has 160 valence electrons. The topological polar surface area (TPSA) is 98.2 Å². The second kappa shape index (κ2) is 8.81. The lowest BCUT2D eigenvalue weighted by Crippen LogP contribution is -2.43. The predicted octanol–water partition coefficient (Wildman–Crippen LogP) is 2.42.